The van der Waals surface area contributed by atoms with Crippen LogP contribution in [0.2, 0.25) is 0 Å². The predicted molar refractivity (Wildman–Crippen MR) is 63.1 cm³/mol. The lowest BCUT2D eigenvalue weighted by atomic mass is 10.2. The molecule has 0 bridgehead atoms. The number of rotatable bonds is 4. The molecule has 16 heavy (non-hydrogen) atoms. The van der Waals surface area contributed by atoms with Crippen LogP contribution in [0.3, 0.4) is 0 Å². The van der Waals surface area contributed by atoms with Crippen molar-refractivity contribution in [2.75, 3.05) is 29.5 Å². The standard InChI is InChI=1S/C10H14N2O3S/c1-16(13,14)12-10-5-3-2-4-9(10)11-8-6-15-7-8/h2-5,8,11-12H,6-7H2,1H3. The Bertz CT molecular complexity index is 469. The van der Waals surface area contributed by atoms with Gasteiger partial charge in [-0.3, -0.25) is 4.72 Å². The molecule has 88 valence electrons. The van der Waals surface area contributed by atoms with E-state index in [0.717, 1.165) is 11.9 Å². The number of anilines is 2. The first-order chi connectivity index (χ1) is 7.54. The molecular weight excluding hydrogens is 228 g/mol. The molecule has 0 saturated carbocycles. The second kappa shape index (κ2) is 4.31. The van der Waals surface area contributed by atoms with Crippen molar-refractivity contribution in [3.63, 3.8) is 0 Å². The summed E-state index contributed by atoms with van der Waals surface area (Å²) in [5.41, 5.74) is 1.35. The number of nitrogens with one attached hydrogen (secondary N) is 2. The largest absolute Gasteiger partial charge is 0.377 e. The predicted octanol–water partition coefficient (Wildman–Crippen LogP) is 0.869. The summed E-state index contributed by atoms with van der Waals surface area (Å²) >= 11 is 0. The molecule has 1 fully saturated rings. The van der Waals surface area contributed by atoms with Gasteiger partial charge in [0.05, 0.1) is 36.9 Å². The molecule has 0 radical (unpaired) electrons. The molecule has 5 nitrogen and oxygen atoms in total. The van der Waals surface area contributed by atoms with E-state index in [0.29, 0.717) is 18.9 Å². The molecule has 1 aromatic carbocycles. The number of hydrogen-bond donors (Lipinski definition) is 2. The average molecular weight is 242 g/mol. The van der Waals surface area contributed by atoms with Gasteiger partial charge in [-0.25, -0.2) is 8.42 Å². The number of para-hydroxylation sites is 2. The van der Waals surface area contributed by atoms with E-state index < -0.39 is 10.0 Å². The van der Waals surface area contributed by atoms with Crippen LogP contribution < -0.4 is 10.0 Å². The smallest absolute Gasteiger partial charge is 0.229 e. The first-order valence-electron chi connectivity index (χ1n) is 4.96. The Morgan fingerprint density at radius 2 is 1.88 bits per heavy atom. The summed E-state index contributed by atoms with van der Waals surface area (Å²) < 4.78 is 29.8. The van der Waals surface area contributed by atoms with Crippen LogP contribution in [0.4, 0.5) is 11.4 Å². The molecule has 0 unspecified atom stereocenters. The maximum absolute atomic E-state index is 11.2. The van der Waals surface area contributed by atoms with Gasteiger partial charge < -0.3 is 10.1 Å². The number of sulfonamides is 1. The summed E-state index contributed by atoms with van der Waals surface area (Å²) in [5, 5.41) is 3.22. The third kappa shape index (κ3) is 2.86. The highest BCUT2D eigenvalue weighted by molar-refractivity contribution is 7.92. The SMILES string of the molecule is CS(=O)(=O)Nc1ccccc1NC1COC1. The van der Waals surface area contributed by atoms with Gasteiger partial charge in [-0.15, -0.1) is 0 Å². The first-order valence-corrected chi connectivity index (χ1v) is 6.85. The minimum absolute atomic E-state index is 0.266. The molecule has 1 aromatic rings. The van der Waals surface area contributed by atoms with E-state index in [1.807, 2.05) is 12.1 Å². The minimum atomic E-state index is -3.25. The molecule has 1 aliphatic rings. The van der Waals surface area contributed by atoms with Crippen LogP contribution >= 0.6 is 0 Å². The van der Waals surface area contributed by atoms with Crippen LogP contribution in [0.25, 0.3) is 0 Å². The Labute approximate surface area is 94.9 Å². The lowest BCUT2D eigenvalue weighted by Crippen LogP contribution is -2.40. The quantitative estimate of drug-likeness (QED) is 0.822. The highest BCUT2D eigenvalue weighted by Gasteiger charge is 2.19. The monoisotopic (exact) mass is 242 g/mol. The number of ether oxygens (including phenoxy) is 1. The van der Waals surface area contributed by atoms with Crippen molar-refractivity contribution in [3.05, 3.63) is 24.3 Å². The Kier molecular flexibility index (Phi) is 3.02. The molecule has 6 heteroatoms. The molecule has 0 spiro atoms. The number of hydrogen-bond acceptors (Lipinski definition) is 4. The van der Waals surface area contributed by atoms with Crippen LogP contribution in [0, 0.1) is 0 Å². The molecule has 0 aromatic heterocycles. The normalized spacial score (nSPS) is 16.6. The molecule has 0 atom stereocenters. The van der Waals surface area contributed by atoms with Crippen molar-refractivity contribution < 1.29 is 13.2 Å². The van der Waals surface area contributed by atoms with Crippen molar-refractivity contribution in [1.82, 2.24) is 0 Å². The Hall–Kier alpha value is -1.27. The maximum Gasteiger partial charge on any atom is 0.229 e. The van der Waals surface area contributed by atoms with Gasteiger partial charge in [-0.05, 0) is 12.1 Å². The van der Waals surface area contributed by atoms with Crippen LogP contribution in [0.15, 0.2) is 24.3 Å². The van der Waals surface area contributed by atoms with E-state index >= 15 is 0 Å². The lowest BCUT2D eigenvalue weighted by Gasteiger charge is -2.28. The number of benzene rings is 1. The zero-order valence-corrected chi connectivity index (χ0v) is 9.75. The van der Waals surface area contributed by atoms with Crippen molar-refractivity contribution in [3.8, 4) is 0 Å². The van der Waals surface area contributed by atoms with Gasteiger partial charge in [0.2, 0.25) is 10.0 Å². The van der Waals surface area contributed by atoms with Gasteiger partial charge in [0, 0.05) is 0 Å². The minimum Gasteiger partial charge on any atom is -0.377 e. The fourth-order valence-corrected chi connectivity index (χ4v) is 2.01. The van der Waals surface area contributed by atoms with Crippen molar-refractivity contribution in [1.29, 1.82) is 0 Å². The second-order valence-corrected chi connectivity index (χ2v) is 5.55. The highest BCUT2D eigenvalue weighted by Crippen LogP contribution is 2.23. The topological polar surface area (TPSA) is 67.4 Å². The second-order valence-electron chi connectivity index (χ2n) is 3.80. The van der Waals surface area contributed by atoms with Gasteiger partial charge in [-0.2, -0.15) is 0 Å². The van der Waals surface area contributed by atoms with Crippen molar-refractivity contribution in [2.45, 2.75) is 6.04 Å². The summed E-state index contributed by atoms with van der Waals surface area (Å²) in [6.45, 7) is 1.32. The Morgan fingerprint density at radius 3 is 2.38 bits per heavy atom. The molecule has 0 aliphatic carbocycles. The summed E-state index contributed by atoms with van der Waals surface area (Å²) in [6, 6.07) is 7.47. The van der Waals surface area contributed by atoms with E-state index in [1.54, 1.807) is 12.1 Å². The molecule has 1 heterocycles. The zero-order chi connectivity index (χ0) is 11.6. The lowest BCUT2D eigenvalue weighted by molar-refractivity contribution is 0.0211. The van der Waals surface area contributed by atoms with Crippen LogP contribution in [0.5, 0.6) is 0 Å². The van der Waals surface area contributed by atoms with E-state index in [9.17, 15) is 8.42 Å². The molecule has 2 rings (SSSR count). The fourth-order valence-electron chi connectivity index (χ4n) is 1.44. The van der Waals surface area contributed by atoms with Gasteiger partial charge >= 0.3 is 0 Å². The Morgan fingerprint density at radius 1 is 1.25 bits per heavy atom. The van der Waals surface area contributed by atoms with E-state index in [1.165, 1.54) is 0 Å². The van der Waals surface area contributed by atoms with E-state index in [-0.39, 0.29) is 6.04 Å². The molecule has 1 saturated heterocycles. The third-order valence-corrected chi connectivity index (χ3v) is 2.81. The summed E-state index contributed by atoms with van der Waals surface area (Å²) in [5.74, 6) is 0. The fraction of sp³-hybridized carbons (Fsp3) is 0.400. The van der Waals surface area contributed by atoms with Crippen molar-refractivity contribution >= 4 is 21.4 Å². The average Bonchev–Trinajstić information content (AvgIpc) is 2.11. The summed E-state index contributed by atoms with van der Waals surface area (Å²) in [6.07, 6.45) is 1.14. The van der Waals surface area contributed by atoms with Gasteiger partial charge in [-0.1, -0.05) is 12.1 Å². The molecule has 1 aliphatic heterocycles. The summed E-state index contributed by atoms with van der Waals surface area (Å²) in [7, 11) is -3.25. The van der Waals surface area contributed by atoms with Crippen LogP contribution in [-0.4, -0.2) is 33.9 Å². The van der Waals surface area contributed by atoms with Gasteiger partial charge in [0.25, 0.3) is 0 Å². The van der Waals surface area contributed by atoms with Gasteiger partial charge in [0.1, 0.15) is 0 Å². The van der Waals surface area contributed by atoms with Crippen molar-refractivity contribution in [2.24, 2.45) is 0 Å². The molecule has 0 amide bonds. The summed E-state index contributed by atoms with van der Waals surface area (Å²) in [4.78, 5) is 0. The first kappa shape index (κ1) is 11.2. The molecule has 2 N–H and O–H groups in total. The van der Waals surface area contributed by atoms with Crippen LogP contribution in [0.1, 0.15) is 0 Å². The molecular formula is C10H14N2O3S. The third-order valence-electron chi connectivity index (χ3n) is 2.22. The van der Waals surface area contributed by atoms with E-state index in [4.69, 9.17) is 4.74 Å². The highest BCUT2D eigenvalue weighted by atomic mass is 32.2. The maximum atomic E-state index is 11.2. The van der Waals surface area contributed by atoms with Gasteiger partial charge in [0.15, 0.2) is 0 Å². The van der Waals surface area contributed by atoms with E-state index in [2.05, 4.69) is 10.0 Å². The Balaban J connectivity index is 2.16. The van der Waals surface area contributed by atoms with Crippen LogP contribution in [-0.2, 0) is 14.8 Å². The zero-order valence-electron chi connectivity index (χ0n) is 8.93.